The number of nitrogens with zero attached hydrogens (tertiary/aromatic N) is 4. The van der Waals surface area contributed by atoms with E-state index in [9.17, 15) is 4.79 Å². The second kappa shape index (κ2) is 9.03. The molecule has 2 aromatic carbocycles. The lowest BCUT2D eigenvalue weighted by molar-refractivity contribution is 0.0955. The average molecular weight is 420 g/mol. The first-order valence-electron chi connectivity index (χ1n) is 7.87. The summed E-state index contributed by atoms with van der Waals surface area (Å²) < 4.78 is 1.86. The van der Waals surface area contributed by atoms with Crippen LogP contribution in [0, 0.1) is 0 Å². The fourth-order valence-corrected chi connectivity index (χ4v) is 3.28. The van der Waals surface area contributed by atoms with Gasteiger partial charge in [0.15, 0.2) is 5.16 Å². The van der Waals surface area contributed by atoms with Crippen LogP contribution in [0.1, 0.15) is 21.5 Å². The Hall–Kier alpha value is -2.35. The summed E-state index contributed by atoms with van der Waals surface area (Å²) in [6.45, 7) is 0. The van der Waals surface area contributed by atoms with Gasteiger partial charge in [0.05, 0.1) is 16.3 Å². The monoisotopic (exact) mass is 419 g/mol. The minimum Gasteiger partial charge on any atom is -0.312 e. The number of aromatic nitrogens is 3. The molecular weight excluding hydrogens is 405 g/mol. The number of carbonyl (C=O) groups excluding carboxylic acids is 1. The minimum absolute atomic E-state index is 0.293. The molecule has 9 heteroatoms. The van der Waals surface area contributed by atoms with Crippen molar-refractivity contribution in [3.8, 4) is 0 Å². The molecule has 1 aromatic heterocycles. The highest BCUT2D eigenvalue weighted by Gasteiger charge is 2.06. The Morgan fingerprint density at radius 1 is 1.22 bits per heavy atom. The van der Waals surface area contributed by atoms with Crippen LogP contribution in [0.25, 0.3) is 0 Å². The van der Waals surface area contributed by atoms with Crippen molar-refractivity contribution in [2.24, 2.45) is 12.1 Å². The second-order valence-corrected chi connectivity index (χ2v) is 7.34. The first-order chi connectivity index (χ1) is 13.0. The molecular formula is C18H15Cl2N5OS. The smallest absolute Gasteiger partial charge is 0.271 e. The number of halogens is 2. The van der Waals surface area contributed by atoms with E-state index in [-0.39, 0.29) is 5.91 Å². The van der Waals surface area contributed by atoms with Gasteiger partial charge in [0.2, 0.25) is 0 Å². The van der Waals surface area contributed by atoms with Gasteiger partial charge in [0.1, 0.15) is 6.33 Å². The zero-order valence-electron chi connectivity index (χ0n) is 14.3. The molecule has 0 spiro atoms. The van der Waals surface area contributed by atoms with Gasteiger partial charge in [-0.05, 0) is 35.4 Å². The highest BCUT2D eigenvalue weighted by Crippen LogP contribution is 2.22. The molecule has 0 aliphatic carbocycles. The summed E-state index contributed by atoms with van der Waals surface area (Å²) in [6.07, 6.45) is 3.17. The first-order valence-corrected chi connectivity index (χ1v) is 9.61. The van der Waals surface area contributed by atoms with Crippen molar-refractivity contribution in [2.45, 2.75) is 10.9 Å². The first kappa shape index (κ1) is 19.4. The molecule has 3 aromatic rings. The van der Waals surface area contributed by atoms with Crippen LogP contribution >= 0.6 is 35.0 Å². The molecule has 0 aliphatic heterocycles. The van der Waals surface area contributed by atoms with Gasteiger partial charge in [-0.25, -0.2) is 5.43 Å². The molecule has 0 aliphatic rings. The largest absolute Gasteiger partial charge is 0.312 e. The fourth-order valence-electron chi connectivity index (χ4n) is 2.13. The highest BCUT2D eigenvalue weighted by molar-refractivity contribution is 7.98. The number of thioether (sulfide) groups is 1. The lowest BCUT2D eigenvalue weighted by Crippen LogP contribution is -2.17. The third-order valence-electron chi connectivity index (χ3n) is 3.58. The average Bonchev–Trinajstić information content (AvgIpc) is 3.08. The standard InChI is InChI=1S/C18H15Cl2N5OS/c1-25-11-22-24-18(25)27-10-12-2-5-14(6-3-12)17(26)23-21-9-13-4-7-15(19)16(20)8-13/h2-9,11H,10H2,1H3,(H,23,26)/b21-9+. The summed E-state index contributed by atoms with van der Waals surface area (Å²) in [6, 6.07) is 12.4. The molecule has 0 unspecified atom stereocenters. The van der Waals surface area contributed by atoms with Crippen LogP contribution < -0.4 is 5.43 Å². The van der Waals surface area contributed by atoms with Crippen molar-refractivity contribution < 1.29 is 4.79 Å². The molecule has 0 saturated carbocycles. The Balaban J connectivity index is 1.54. The van der Waals surface area contributed by atoms with Crippen LogP contribution in [-0.2, 0) is 12.8 Å². The van der Waals surface area contributed by atoms with Crippen LogP contribution in [0.3, 0.4) is 0 Å². The SMILES string of the molecule is Cn1cnnc1SCc1ccc(C(=O)N/N=C/c2ccc(Cl)c(Cl)c2)cc1. The third kappa shape index (κ3) is 5.32. The lowest BCUT2D eigenvalue weighted by Gasteiger charge is -2.04. The number of hydrogen-bond donors (Lipinski definition) is 1. The molecule has 0 bridgehead atoms. The van der Waals surface area contributed by atoms with Gasteiger partial charge in [0.25, 0.3) is 5.91 Å². The van der Waals surface area contributed by atoms with E-state index in [1.807, 2.05) is 23.7 Å². The molecule has 1 heterocycles. The van der Waals surface area contributed by atoms with Crippen molar-refractivity contribution >= 4 is 47.1 Å². The van der Waals surface area contributed by atoms with Crippen molar-refractivity contribution in [3.05, 3.63) is 75.5 Å². The Kier molecular flexibility index (Phi) is 6.49. The summed E-state index contributed by atoms with van der Waals surface area (Å²) in [5.74, 6) is 0.447. The maximum Gasteiger partial charge on any atom is 0.271 e. The van der Waals surface area contributed by atoms with Gasteiger partial charge >= 0.3 is 0 Å². The predicted octanol–water partition coefficient (Wildman–Crippen LogP) is 4.18. The van der Waals surface area contributed by atoms with E-state index in [1.54, 1.807) is 48.4 Å². The maximum absolute atomic E-state index is 12.2. The Labute approximate surface area is 170 Å². The molecule has 0 atom stereocenters. The second-order valence-electron chi connectivity index (χ2n) is 5.58. The van der Waals surface area contributed by atoms with Gasteiger partial charge in [-0.3, -0.25) is 4.79 Å². The molecule has 1 amide bonds. The van der Waals surface area contributed by atoms with E-state index in [0.29, 0.717) is 15.6 Å². The quantitative estimate of drug-likeness (QED) is 0.369. The zero-order chi connectivity index (χ0) is 19.2. The topological polar surface area (TPSA) is 72.2 Å². The number of nitrogens with one attached hydrogen (secondary N) is 1. The molecule has 6 nitrogen and oxygen atoms in total. The van der Waals surface area contributed by atoms with Crippen LogP contribution in [0.5, 0.6) is 0 Å². The molecule has 0 fully saturated rings. The summed E-state index contributed by atoms with van der Waals surface area (Å²) in [7, 11) is 1.90. The van der Waals surface area contributed by atoms with Crippen molar-refractivity contribution in [1.82, 2.24) is 20.2 Å². The van der Waals surface area contributed by atoms with Gasteiger partial charge in [-0.1, -0.05) is 53.2 Å². The van der Waals surface area contributed by atoms with Crippen molar-refractivity contribution in [2.75, 3.05) is 0 Å². The van der Waals surface area contributed by atoms with E-state index in [4.69, 9.17) is 23.2 Å². The normalized spacial score (nSPS) is 11.1. The molecule has 0 radical (unpaired) electrons. The molecule has 0 saturated heterocycles. The molecule has 138 valence electrons. The van der Waals surface area contributed by atoms with E-state index in [1.165, 1.54) is 6.21 Å². The van der Waals surface area contributed by atoms with Crippen LogP contribution in [-0.4, -0.2) is 26.9 Å². The van der Waals surface area contributed by atoms with E-state index in [2.05, 4.69) is 20.7 Å². The summed E-state index contributed by atoms with van der Waals surface area (Å²) >= 11 is 13.4. The third-order valence-corrected chi connectivity index (χ3v) is 5.42. The van der Waals surface area contributed by atoms with Crippen molar-refractivity contribution in [3.63, 3.8) is 0 Å². The minimum atomic E-state index is -0.293. The van der Waals surface area contributed by atoms with Gasteiger partial charge in [-0.2, -0.15) is 5.10 Å². The van der Waals surface area contributed by atoms with E-state index >= 15 is 0 Å². The Bertz CT molecular complexity index is 972. The molecule has 3 rings (SSSR count). The predicted molar refractivity (Wildman–Crippen MR) is 109 cm³/mol. The number of carbonyl (C=O) groups is 1. The fraction of sp³-hybridized carbons (Fsp3) is 0.111. The van der Waals surface area contributed by atoms with Gasteiger partial charge < -0.3 is 4.57 Å². The van der Waals surface area contributed by atoms with Crippen LogP contribution in [0.15, 0.2) is 59.0 Å². The number of amides is 1. The van der Waals surface area contributed by atoms with Gasteiger partial charge in [-0.15, -0.1) is 10.2 Å². The Morgan fingerprint density at radius 2 is 2.00 bits per heavy atom. The maximum atomic E-state index is 12.2. The van der Waals surface area contributed by atoms with Crippen LogP contribution in [0.2, 0.25) is 10.0 Å². The van der Waals surface area contributed by atoms with Crippen LogP contribution in [0.4, 0.5) is 0 Å². The molecule has 1 N–H and O–H groups in total. The molecule has 27 heavy (non-hydrogen) atoms. The number of hydrogen-bond acceptors (Lipinski definition) is 5. The number of hydrazone groups is 1. The summed E-state index contributed by atoms with van der Waals surface area (Å²) in [4.78, 5) is 12.2. The number of rotatable bonds is 6. The van der Waals surface area contributed by atoms with E-state index < -0.39 is 0 Å². The number of benzene rings is 2. The van der Waals surface area contributed by atoms with E-state index in [0.717, 1.165) is 22.0 Å². The zero-order valence-corrected chi connectivity index (χ0v) is 16.6. The lowest BCUT2D eigenvalue weighted by atomic mass is 10.1. The number of aryl methyl sites for hydroxylation is 1. The Morgan fingerprint density at radius 3 is 2.67 bits per heavy atom. The summed E-state index contributed by atoms with van der Waals surface area (Å²) in [5, 5.41) is 13.6. The summed E-state index contributed by atoms with van der Waals surface area (Å²) in [5.41, 5.74) is 4.83. The van der Waals surface area contributed by atoms with Crippen molar-refractivity contribution in [1.29, 1.82) is 0 Å². The highest BCUT2D eigenvalue weighted by atomic mass is 35.5. The van der Waals surface area contributed by atoms with Gasteiger partial charge in [0, 0.05) is 18.4 Å².